The van der Waals surface area contributed by atoms with Gasteiger partial charge in [-0.25, -0.2) is 0 Å². The lowest BCUT2D eigenvalue weighted by Gasteiger charge is -2.03. The topological polar surface area (TPSA) is 55.2 Å². The molecule has 2 aromatic rings. The molecular formula is C11H10N2O2S. The summed E-state index contributed by atoms with van der Waals surface area (Å²) in [5.41, 5.74) is 1.00. The maximum absolute atomic E-state index is 10.4. The van der Waals surface area contributed by atoms with Gasteiger partial charge in [0.15, 0.2) is 0 Å². The second-order valence-electron chi connectivity index (χ2n) is 3.24. The fourth-order valence-corrected chi connectivity index (χ4v) is 1.95. The molecule has 0 bridgehead atoms. The Bertz CT molecular complexity index is 465. The van der Waals surface area contributed by atoms with Crippen molar-refractivity contribution >= 4 is 22.7 Å². The van der Waals surface area contributed by atoms with Crippen LogP contribution in [0.1, 0.15) is 4.88 Å². The third-order valence-electron chi connectivity index (χ3n) is 2.12. The lowest BCUT2D eigenvalue weighted by molar-refractivity contribution is -0.384. The Balaban J connectivity index is 1.98. The van der Waals surface area contributed by atoms with E-state index in [2.05, 4.69) is 5.32 Å². The molecule has 0 fully saturated rings. The SMILES string of the molecule is O=[N+]([O-])c1ccc(NCc2cccs2)cc1. The van der Waals surface area contributed by atoms with Crippen LogP contribution in [0.3, 0.4) is 0 Å². The average molecular weight is 234 g/mol. The lowest BCUT2D eigenvalue weighted by Crippen LogP contribution is -1.97. The van der Waals surface area contributed by atoms with Crippen molar-refractivity contribution in [2.45, 2.75) is 6.54 Å². The van der Waals surface area contributed by atoms with Crippen molar-refractivity contribution in [2.24, 2.45) is 0 Å². The van der Waals surface area contributed by atoms with Crippen molar-refractivity contribution in [1.82, 2.24) is 0 Å². The van der Waals surface area contributed by atoms with Gasteiger partial charge in [-0.2, -0.15) is 0 Å². The van der Waals surface area contributed by atoms with Crippen LogP contribution in [0, 0.1) is 10.1 Å². The minimum Gasteiger partial charge on any atom is -0.380 e. The van der Waals surface area contributed by atoms with Crippen LogP contribution in [0.5, 0.6) is 0 Å². The van der Waals surface area contributed by atoms with Gasteiger partial charge in [0.25, 0.3) is 5.69 Å². The second kappa shape index (κ2) is 4.76. The Labute approximate surface area is 96.7 Å². The molecule has 0 aliphatic rings. The largest absolute Gasteiger partial charge is 0.380 e. The van der Waals surface area contributed by atoms with Crippen molar-refractivity contribution in [1.29, 1.82) is 0 Å². The van der Waals surface area contributed by atoms with Crippen molar-refractivity contribution < 1.29 is 4.92 Å². The lowest BCUT2D eigenvalue weighted by atomic mass is 10.3. The highest BCUT2D eigenvalue weighted by Gasteiger charge is 2.03. The van der Waals surface area contributed by atoms with Gasteiger partial charge in [-0.1, -0.05) is 6.07 Å². The van der Waals surface area contributed by atoms with Crippen molar-refractivity contribution in [3.63, 3.8) is 0 Å². The van der Waals surface area contributed by atoms with Crippen LogP contribution in [0.25, 0.3) is 0 Å². The summed E-state index contributed by atoms with van der Waals surface area (Å²) in [5, 5.41) is 15.7. The van der Waals surface area contributed by atoms with E-state index in [1.165, 1.54) is 17.0 Å². The first-order chi connectivity index (χ1) is 7.75. The normalized spacial score (nSPS) is 10.0. The highest BCUT2D eigenvalue weighted by molar-refractivity contribution is 7.09. The van der Waals surface area contributed by atoms with Crippen molar-refractivity contribution in [3.8, 4) is 0 Å². The number of non-ortho nitro benzene ring substituents is 1. The van der Waals surface area contributed by atoms with Gasteiger partial charge in [0.2, 0.25) is 0 Å². The first kappa shape index (κ1) is 10.6. The highest BCUT2D eigenvalue weighted by Crippen LogP contribution is 2.17. The number of rotatable bonds is 4. The number of thiophene rings is 1. The molecule has 1 heterocycles. The third-order valence-corrected chi connectivity index (χ3v) is 3.00. The Morgan fingerprint density at radius 1 is 1.25 bits per heavy atom. The summed E-state index contributed by atoms with van der Waals surface area (Å²) in [6.07, 6.45) is 0. The van der Waals surface area contributed by atoms with Crippen molar-refractivity contribution in [2.75, 3.05) is 5.32 Å². The summed E-state index contributed by atoms with van der Waals surface area (Å²) >= 11 is 1.68. The first-order valence-corrected chi connectivity index (χ1v) is 5.64. The Morgan fingerprint density at radius 3 is 2.56 bits per heavy atom. The van der Waals surface area contributed by atoms with E-state index in [0.29, 0.717) is 0 Å². The minimum atomic E-state index is -0.400. The molecule has 0 aliphatic heterocycles. The molecule has 82 valence electrons. The molecule has 0 saturated carbocycles. The molecule has 1 aromatic carbocycles. The summed E-state index contributed by atoms with van der Waals surface area (Å²) in [7, 11) is 0. The van der Waals surface area contributed by atoms with Gasteiger partial charge in [0.1, 0.15) is 0 Å². The smallest absolute Gasteiger partial charge is 0.269 e. The van der Waals surface area contributed by atoms with E-state index in [-0.39, 0.29) is 5.69 Å². The van der Waals surface area contributed by atoms with E-state index in [9.17, 15) is 10.1 Å². The zero-order chi connectivity index (χ0) is 11.4. The van der Waals surface area contributed by atoms with Crippen LogP contribution in [0.4, 0.5) is 11.4 Å². The maximum Gasteiger partial charge on any atom is 0.269 e. The summed E-state index contributed by atoms with van der Waals surface area (Å²) in [5.74, 6) is 0. The molecule has 0 amide bonds. The minimum absolute atomic E-state index is 0.113. The number of hydrogen-bond donors (Lipinski definition) is 1. The van der Waals surface area contributed by atoms with E-state index in [0.717, 1.165) is 12.2 Å². The molecule has 1 N–H and O–H groups in total. The zero-order valence-corrected chi connectivity index (χ0v) is 9.24. The summed E-state index contributed by atoms with van der Waals surface area (Å²) in [6.45, 7) is 0.746. The molecule has 1 aromatic heterocycles. The third kappa shape index (κ3) is 2.58. The number of anilines is 1. The van der Waals surface area contributed by atoms with Crippen LogP contribution < -0.4 is 5.32 Å². The summed E-state index contributed by atoms with van der Waals surface area (Å²) < 4.78 is 0. The predicted octanol–water partition coefficient (Wildman–Crippen LogP) is 3.27. The Morgan fingerprint density at radius 2 is 2.00 bits per heavy atom. The van der Waals surface area contributed by atoms with Crippen LogP contribution in [-0.2, 0) is 6.54 Å². The fourth-order valence-electron chi connectivity index (χ4n) is 1.30. The molecule has 5 heteroatoms. The summed E-state index contributed by atoms with van der Waals surface area (Å²) in [6, 6.07) is 10.5. The zero-order valence-electron chi connectivity index (χ0n) is 8.42. The molecule has 0 saturated heterocycles. The number of nitrogens with zero attached hydrogens (tertiary/aromatic N) is 1. The van der Waals surface area contributed by atoms with Gasteiger partial charge < -0.3 is 5.32 Å². The number of hydrogen-bond acceptors (Lipinski definition) is 4. The Kier molecular flexibility index (Phi) is 3.16. The van der Waals surface area contributed by atoms with Crippen LogP contribution in [-0.4, -0.2) is 4.92 Å². The predicted molar refractivity (Wildman–Crippen MR) is 64.7 cm³/mol. The molecular weight excluding hydrogens is 224 g/mol. The molecule has 0 aliphatic carbocycles. The molecule has 0 atom stereocenters. The molecule has 0 unspecified atom stereocenters. The van der Waals surface area contributed by atoms with Crippen LogP contribution in [0.15, 0.2) is 41.8 Å². The first-order valence-electron chi connectivity index (χ1n) is 4.76. The van der Waals surface area contributed by atoms with E-state index in [4.69, 9.17) is 0 Å². The fraction of sp³-hybridized carbons (Fsp3) is 0.0909. The number of nitro benzene ring substituents is 1. The number of nitrogens with one attached hydrogen (secondary N) is 1. The summed E-state index contributed by atoms with van der Waals surface area (Å²) in [4.78, 5) is 11.3. The molecule has 2 rings (SSSR count). The quantitative estimate of drug-likeness (QED) is 0.652. The van der Waals surface area contributed by atoms with Gasteiger partial charge in [-0.3, -0.25) is 10.1 Å². The van der Waals surface area contributed by atoms with Gasteiger partial charge in [0.05, 0.1) is 4.92 Å². The monoisotopic (exact) mass is 234 g/mol. The van der Waals surface area contributed by atoms with Gasteiger partial charge in [-0.05, 0) is 23.6 Å². The van der Waals surface area contributed by atoms with Gasteiger partial charge in [-0.15, -0.1) is 11.3 Å². The molecule has 16 heavy (non-hydrogen) atoms. The molecule has 0 radical (unpaired) electrons. The van der Waals surface area contributed by atoms with Gasteiger partial charge >= 0.3 is 0 Å². The van der Waals surface area contributed by atoms with Crippen molar-refractivity contribution in [3.05, 3.63) is 56.8 Å². The van der Waals surface area contributed by atoms with Crippen LogP contribution in [0.2, 0.25) is 0 Å². The molecule has 4 nitrogen and oxygen atoms in total. The maximum atomic E-state index is 10.4. The standard InChI is InChI=1S/C11H10N2O2S/c14-13(15)10-5-3-9(4-6-10)12-8-11-2-1-7-16-11/h1-7,12H,8H2. The van der Waals surface area contributed by atoms with E-state index < -0.39 is 4.92 Å². The van der Waals surface area contributed by atoms with E-state index in [1.807, 2.05) is 17.5 Å². The van der Waals surface area contributed by atoms with E-state index >= 15 is 0 Å². The second-order valence-corrected chi connectivity index (χ2v) is 4.27. The Hall–Kier alpha value is -1.88. The number of nitro groups is 1. The highest BCUT2D eigenvalue weighted by atomic mass is 32.1. The van der Waals surface area contributed by atoms with Gasteiger partial charge in [0, 0.05) is 29.2 Å². The van der Waals surface area contributed by atoms with E-state index in [1.54, 1.807) is 23.5 Å². The number of benzene rings is 1. The molecule has 0 spiro atoms. The average Bonchev–Trinajstić information content (AvgIpc) is 2.80. The van der Waals surface area contributed by atoms with Crippen LogP contribution >= 0.6 is 11.3 Å².